The molecule has 4 aromatic carbocycles. The highest BCUT2D eigenvalue weighted by Gasteiger charge is 2.17. The summed E-state index contributed by atoms with van der Waals surface area (Å²) in [5, 5.41) is 16.1. The molecule has 1 N–H and O–H groups in total. The molecule has 25 heavy (non-hydrogen) atoms. The molecular formula is C22H18O3. The average molecular weight is 330 g/mol. The van der Waals surface area contributed by atoms with Crippen LogP contribution in [0.2, 0.25) is 0 Å². The molecule has 0 amide bonds. The third kappa shape index (κ3) is 2.68. The molecule has 0 aliphatic heterocycles. The van der Waals surface area contributed by atoms with Gasteiger partial charge in [0.2, 0.25) is 0 Å². The number of fused-ring (bicyclic) bond motifs is 5. The summed E-state index contributed by atoms with van der Waals surface area (Å²) in [7, 11) is 0. The molecule has 0 spiro atoms. The van der Waals surface area contributed by atoms with Crippen molar-refractivity contribution in [3.63, 3.8) is 0 Å². The van der Waals surface area contributed by atoms with Crippen LogP contribution in [0.3, 0.4) is 0 Å². The molecule has 0 aliphatic rings. The minimum absolute atomic E-state index is 0.424. The lowest BCUT2D eigenvalue weighted by atomic mass is 9.97. The fraction of sp³-hybridized carbons (Fsp3) is 0.136. The van der Waals surface area contributed by atoms with Crippen molar-refractivity contribution >= 4 is 38.3 Å². The van der Waals surface area contributed by atoms with Crippen molar-refractivity contribution in [2.24, 2.45) is 0 Å². The lowest BCUT2D eigenvalue weighted by molar-refractivity contribution is -0.145. The molecule has 3 nitrogen and oxygen atoms in total. The summed E-state index contributed by atoms with van der Waals surface area (Å²) in [4.78, 5) is 11.2. The zero-order valence-electron chi connectivity index (χ0n) is 13.9. The van der Waals surface area contributed by atoms with Gasteiger partial charge >= 0.3 is 5.97 Å². The minimum atomic E-state index is -0.938. The molecule has 1 unspecified atom stereocenters. The Morgan fingerprint density at radius 2 is 1.52 bits per heavy atom. The van der Waals surface area contributed by atoms with Crippen molar-refractivity contribution in [1.29, 1.82) is 0 Å². The van der Waals surface area contributed by atoms with Gasteiger partial charge in [0.15, 0.2) is 6.10 Å². The van der Waals surface area contributed by atoms with E-state index in [1.807, 2.05) is 30.3 Å². The van der Waals surface area contributed by atoms with Crippen LogP contribution in [0.25, 0.3) is 32.3 Å². The summed E-state index contributed by atoms with van der Waals surface area (Å²) in [6.45, 7) is 1.81. The van der Waals surface area contributed by atoms with Crippen LogP contribution >= 0.6 is 0 Å². The van der Waals surface area contributed by atoms with Crippen molar-refractivity contribution in [3.05, 3.63) is 66.7 Å². The van der Waals surface area contributed by atoms with Gasteiger partial charge in [0.05, 0.1) is 0 Å². The molecule has 0 saturated carbocycles. The molecule has 124 valence electrons. The molecule has 1 atom stereocenters. The average Bonchev–Trinajstić information content (AvgIpc) is 2.65. The van der Waals surface area contributed by atoms with Crippen molar-refractivity contribution in [1.82, 2.24) is 0 Å². The second kappa shape index (κ2) is 6.10. The van der Waals surface area contributed by atoms with Gasteiger partial charge in [0, 0.05) is 0 Å². The fourth-order valence-electron chi connectivity index (χ4n) is 3.34. The number of carboxylic acids is 1. The summed E-state index contributed by atoms with van der Waals surface area (Å²) in [5.41, 5.74) is 0. The van der Waals surface area contributed by atoms with Gasteiger partial charge in [-0.15, -0.1) is 0 Å². The number of aliphatic carboxylic acids is 1. The Bertz CT molecular complexity index is 1100. The zero-order chi connectivity index (χ0) is 17.4. The standard InChI is InChI=1S/C22H18O3/c1-2-21(22(23)24)25-16-10-7-15-9-11-18-17-6-4-3-5-14(17)8-12-19(18)20(15)13-16/h3-13,21H,2H2,1H3,(H,23,24). The lowest BCUT2D eigenvalue weighted by Gasteiger charge is -2.14. The van der Waals surface area contributed by atoms with E-state index in [2.05, 4.69) is 36.4 Å². The smallest absolute Gasteiger partial charge is 0.344 e. The number of hydrogen-bond acceptors (Lipinski definition) is 2. The summed E-state index contributed by atoms with van der Waals surface area (Å²) < 4.78 is 5.67. The van der Waals surface area contributed by atoms with E-state index in [0.717, 1.165) is 16.2 Å². The SMILES string of the molecule is CCC(Oc1ccc2ccc3c4ccccc4ccc3c2c1)C(=O)O. The van der Waals surface area contributed by atoms with Crippen molar-refractivity contribution in [3.8, 4) is 5.75 Å². The van der Waals surface area contributed by atoms with Gasteiger partial charge in [-0.05, 0) is 50.9 Å². The fourth-order valence-corrected chi connectivity index (χ4v) is 3.34. The number of hydrogen-bond donors (Lipinski definition) is 1. The predicted octanol–water partition coefficient (Wildman–Crippen LogP) is 5.39. The van der Waals surface area contributed by atoms with Gasteiger partial charge in [0.25, 0.3) is 0 Å². The Hall–Kier alpha value is -3.07. The van der Waals surface area contributed by atoms with E-state index in [-0.39, 0.29) is 0 Å². The van der Waals surface area contributed by atoms with Crippen LogP contribution < -0.4 is 4.74 Å². The Morgan fingerprint density at radius 3 is 2.24 bits per heavy atom. The zero-order valence-corrected chi connectivity index (χ0v) is 13.9. The molecule has 0 bridgehead atoms. The summed E-state index contributed by atoms with van der Waals surface area (Å²) >= 11 is 0. The first-order valence-corrected chi connectivity index (χ1v) is 8.41. The van der Waals surface area contributed by atoms with Gasteiger partial charge in [-0.1, -0.05) is 61.5 Å². The van der Waals surface area contributed by atoms with Crippen LogP contribution in [0.4, 0.5) is 0 Å². The molecule has 4 rings (SSSR count). The van der Waals surface area contributed by atoms with E-state index in [1.54, 1.807) is 6.92 Å². The molecule has 0 aromatic heterocycles. The van der Waals surface area contributed by atoms with Crippen LogP contribution in [0, 0.1) is 0 Å². The topological polar surface area (TPSA) is 46.5 Å². The van der Waals surface area contributed by atoms with Gasteiger partial charge in [-0.2, -0.15) is 0 Å². The number of ether oxygens (including phenoxy) is 1. The van der Waals surface area contributed by atoms with Crippen LogP contribution in [-0.4, -0.2) is 17.2 Å². The lowest BCUT2D eigenvalue weighted by Crippen LogP contribution is -2.25. The highest BCUT2D eigenvalue weighted by atomic mass is 16.5. The quantitative estimate of drug-likeness (QED) is 0.510. The van der Waals surface area contributed by atoms with Crippen molar-refractivity contribution in [2.45, 2.75) is 19.4 Å². The van der Waals surface area contributed by atoms with E-state index >= 15 is 0 Å². The van der Waals surface area contributed by atoms with Crippen molar-refractivity contribution < 1.29 is 14.6 Å². The number of rotatable bonds is 4. The molecule has 3 heteroatoms. The number of carboxylic acid groups (broad SMARTS) is 1. The molecular weight excluding hydrogens is 312 g/mol. The molecule has 0 saturated heterocycles. The second-order valence-corrected chi connectivity index (χ2v) is 6.18. The maximum absolute atomic E-state index is 11.2. The summed E-state index contributed by atoms with van der Waals surface area (Å²) in [6.07, 6.45) is -0.402. The summed E-state index contributed by atoms with van der Waals surface area (Å²) in [6, 6.07) is 22.6. The van der Waals surface area contributed by atoms with E-state index < -0.39 is 12.1 Å². The maximum atomic E-state index is 11.2. The van der Waals surface area contributed by atoms with Gasteiger partial charge in [0.1, 0.15) is 5.75 Å². The molecule has 0 radical (unpaired) electrons. The van der Waals surface area contributed by atoms with E-state index in [9.17, 15) is 9.90 Å². The van der Waals surface area contributed by atoms with E-state index in [1.165, 1.54) is 16.2 Å². The maximum Gasteiger partial charge on any atom is 0.344 e. The highest BCUT2D eigenvalue weighted by Crippen LogP contribution is 2.33. The molecule has 0 heterocycles. The number of carbonyl (C=O) groups is 1. The van der Waals surface area contributed by atoms with Crippen LogP contribution in [0.15, 0.2) is 66.7 Å². The Morgan fingerprint density at radius 1 is 0.880 bits per heavy atom. The van der Waals surface area contributed by atoms with Gasteiger partial charge in [-0.3, -0.25) is 0 Å². The predicted molar refractivity (Wildman–Crippen MR) is 101 cm³/mol. The van der Waals surface area contributed by atoms with E-state index in [0.29, 0.717) is 12.2 Å². The largest absolute Gasteiger partial charge is 0.479 e. The monoisotopic (exact) mass is 330 g/mol. The normalized spacial score (nSPS) is 12.5. The Kier molecular flexibility index (Phi) is 3.77. The Balaban J connectivity index is 1.92. The first kappa shape index (κ1) is 15.5. The van der Waals surface area contributed by atoms with Crippen molar-refractivity contribution in [2.75, 3.05) is 0 Å². The van der Waals surface area contributed by atoms with Crippen LogP contribution in [0.5, 0.6) is 5.75 Å². The van der Waals surface area contributed by atoms with Crippen LogP contribution in [0.1, 0.15) is 13.3 Å². The highest BCUT2D eigenvalue weighted by molar-refractivity contribution is 6.17. The first-order chi connectivity index (χ1) is 12.2. The van der Waals surface area contributed by atoms with Gasteiger partial charge < -0.3 is 9.84 Å². The second-order valence-electron chi connectivity index (χ2n) is 6.18. The van der Waals surface area contributed by atoms with Crippen LogP contribution in [-0.2, 0) is 4.79 Å². The van der Waals surface area contributed by atoms with Gasteiger partial charge in [-0.25, -0.2) is 4.79 Å². The third-order valence-electron chi connectivity index (χ3n) is 4.64. The third-order valence-corrected chi connectivity index (χ3v) is 4.64. The first-order valence-electron chi connectivity index (χ1n) is 8.41. The minimum Gasteiger partial charge on any atom is -0.479 e. The molecule has 0 fully saturated rings. The molecule has 0 aliphatic carbocycles. The number of benzene rings is 4. The van der Waals surface area contributed by atoms with E-state index in [4.69, 9.17) is 4.74 Å². The molecule has 4 aromatic rings. The Labute approximate surface area is 145 Å². The summed E-state index contributed by atoms with van der Waals surface area (Å²) in [5.74, 6) is -0.353.